The van der Waals surface area contributed by atoms with Gasteiger partial charge in [-0.1, -0.05) is 29.8 Å². The molecule has 1 heterocycles. The van der Waals surface area contributed by atoms with E-state index in [0.29, 0.717) is 11.5 Å². The van der Waals surface area contributed by atoms with Crippen LogP contribution in [0.25, 0.3) is 0 Å². The summed E-state index contributed by atoms with van der Waals surface area (Å²) in [5.74, 6) is 0. The lowest BCUT2D eigenvalue weighted by Crippen LogP contribution is -2.36. The molecule has 0 N–H and O–H groups in total. The number of nitrogens with zero attached hydrogens (tertiary/aromatic N) is 1. The van der Waals surface area contributed by atoms with Crippen molar-refractivity contribution in [1.29, 1.82) is 0 Å². The standard InChI is InChI=1S/C10H20BrN/c1-8(2)12-7-10(3,4)5-9(12)6-11/h8-9H,5-7H2,1-4H3. The highest BCUT2D eigenvalue weighted by Crippen LogP contribution is 2.35. The fraction of sp³-hybridized carbons (Fsp3) is 1.00. The molecule has 0 saturated carbocycles. The van der Waals surface area contributed by atoms with Crippen LogP contribution < -0.4 is 0 Å². The van der Waals surface area contributed by atoms with Crippen molar-refractivity contribution in [3.63, 3.8) is 0 Å². The van der Waals surface area contributed by atoms with Crippen LogP contribution in [0, 0.1) is 5.41 Å². The van der Waals surface area contributed by atoms with Gasteiger partial charge in [0, 0.05) is 24.0 Å². The van der Waals surface area contributed by atoms with Crippen molar-refractivity contribution in [2.75, 3.05) is 11.9 Å². The van der Waals surface area contributed by atoms with Crippen molar-refractivity contribution in [1.82, 2.24) is 4.90 Å². The Hall–Kier alpha value is 0.440. The van der Waals surface area contributed by atoms with Crippen LogP contribution in [0.3, 0.4) is 0 Å². The van der Waals surface area contributed by atoms with Crippen LogP contribution in [0.15, 0.2) is 0 Å². The van der Waals surface area contributed by atoms with E-state index in [0.717, 1.165) is 11.4 Å². The maximum atomic E-state index is 3.59. The fourth-order valence-electron chi connectivity index (χ4n) is 2.19. The average molecular weight is 234 g/mol. The molecule has 1 aliphatic heterocycles. The fourth-order valence-corrected chi connectivity index (χ4v) is 2.79. The normalized spacial score (nSPS) is 30.0. The summed E-state index contributed by atoms with van der Waals surface area (Å²) >= 11 is 3.59. The van der Waals surface area contributed by atoms with E-state index < -0.39 is 0 Å². The van der Waals surface area contributed by atoms with Crippen molar-refractivity contribution in [3.05, 3.63) is 0 Å². The Balaban J connectivity index is 2.63. The van der Waals surface area contributed by atoms with E-state index in [1.807, 2.05) is 0 Å². The maximum absolute atomic E-state index is 3.59. The molecule has 1 rings (SSSR count). The summed E-state index contributed by atoms with van der Waals surface area (Å²) in [6, 6.07) is 1.44. The number of rotatable bonds is 2. The van der Waals surface area contributed by atoms with Gasteiger partial charge in [-0.15, -0.1) is 0 Å². The number of hydrogen-bond donors (Lipinski definition) is 0. The third kappa shape index (κ3) is 2.23. The van der Waals surface area contributed by atoms with Gasteiger partial charge in [0.25, 0.3) is 0 Å². The summed E-state index contributed by atoms with van der Waals surface area (Å²) in [7, 11) is 0. The molecule has 0 aromatic heterocycles. The summed E-state index contributed by atoms with van der Waals surface area (Å²) in [6.45, 7) is 10.6. The third-order valence-corrected chi connectivity index (χ3v) is 3.46. The van der Waals surface area contributed by atoms with Gasteiger partial charge in [0.1, 0.15) is 0 Å². The molecule has 2 heteroatoms. The van der Waals surface area contributed by atoms with Crippen molar-refractivity contribution >= 4 is 15.9 Å². The van der Waals surface area contributed by atoms with Crippen molar-refractivity contribution in [2.24, 2.45) is 5.41 Å². The van der Waals surface area contributed by atoms with Crippen LogP contribution in [-0.2, 0) is 0 Å². The van der Waals surface area contributed by atoms with Crippen molar-refractivity contribution in [3.8, 4) is 0 Å². The molecular formula is C10H20BrN. The smallest absolute Gasteiger partial charge is 0.0201 e. The lowest BCUT2D eigenvalue weighted by atomic mass is 9.91. The van der Waals surface area contributed by atoms with Gasteiger partial charge in [0.15, 0.2) is 0 Å². The molecule has 72 valence electrons. The van der Waals surface area contributed by atoms with E-state index in [4.69, 9.17) is 0 Å². The first-order chi connectivity index (χ1) is 5.46. The number of likely N-dealkylation sites (tertiary alicyclic amines) is 1. The number of alkyl halides is 1. The Morgan fingerprint density at radius 1 is 1.50 bits per heavy atom. The van der Waals surface area contributed by atoms with Crippen LogP contribution in [0.5, 0.6) is 0 Å². The summed E-state index contributed by atoms with van der Waals surface area (Å²) in [4.78, 5) is 2.61. The molecule has 1 atom stereocenters. The molecule has 0 radical (unpaired) electrons. The second-order valence-electron chi connectivity index (χ2n) is 4.94. The van der Waals surface area contributed by atoms with Gasteiger partial charge in [0.2, 0.25) is 0 Å². The minimum Gasteiger partial charge on any atom is -0.297 e. The zero-order chi connectivity index (χ0) is 9.35. The van der Waals surface area contributed by atoms with Gasteiger partial charge in [-0.2, -0.15) is 0 Å². The molecule has 0 spiro atoms. The topological polar surface area (TPSA) is 3.24 Å². The first-order valence-corrected chi connectivity index (χ1v) is 5.90. The Labute approximate surface area is 84.6 Å². The minimum atomic E-state index is 0.517. The maximum Gasteiger partial charge on any atom is 0.0201 e. The molecule has 0 bridgehead atoms. The van der Waals surface area contributed by atoms with E-state index in [1.165, 1.54) is 13.0 Å². The second kappa shape index (κ2) is 3.67. The SMILES string of the molecule is CC(C)N1CC(C)(C)CC1CBr. The van der Waals surface area contributed by atoms with Gasteiger partial charge in [0.05, 0.1) is 0 Å². The lowest BCUT2D eigenvalue weighted by Gasteiger charge is -2.27. The van der Waals surface area contributed by atoms with Crippen molar-refractivity contribution < 1.29 is 0 Å². The van der Waals surface area contributed by atoms with Crippen LogP contribution in [-0.4, -0.2) is 28.9 Å². The Morgan fingerprint density at radius 3 is 2.42 bits per heavy atom. The molecule has 12 heavy (non-hydrogen) atoms. The summed E-state index contributed by atoms with van der Waals surface area (Å²) in [5, 5.41) is 1.12. The molecular weight excluding hydrogens is 214 g/mol. The molecule has 0 aliphatic carbocycles. The summed E-state index contributed by atoms with van der Waals surface area (Å²) < 4.78 is 0. The summed E-state index contributed by atoms with van der Waals surface area (Å²) in [6.07, 6.45) is 1.33. The lowest BCUT2D eigenvalue weighted by molar-refractivity contribution is 0.206. The monoisotopic (exact) mass is 233 g/mol. The quantitative estimate of drug-likeness (QED) is 0.664. The minimum absolute atomic E-state index is 0.517. The Kier molecular flexibility index (Phi) is 3.21. The third-order valence-electron chi connectivity index (χ3n) is 2.71. The highest BCUT2D eigenvalue weighted by molar-refractivity contribution is 9.09. The number of halogens is 1. The van der Waals surface area contributed by atoms with E-state index in [2.05, 4.69) is 48.5 Å². The highest BCUT2D eigenvalue weighted by atomic mass is 79.9. The van der Waals surface area contributed by atoms with Gasteiger partial charge in [-0.3, -0.25) is 4.90 Å². The van der Waals surface area contributed by atoms with Crippen LogP contribution in [0.1, 0.15) is 34.1 Å². The number of hydrogen-bond acceptors (Lipinski definition) is 1. The predicted octanol–water partition coefficient (Wildman–Crippen LogP) is 2.89. The van der Waals surface area contributed by atoms with E-state index >= 15 is 0 Å². The van der Waals surface area contributed by atoms with Crippen LogP contribution in [0.4, 0.5) is 0 Å². The first kappa shape index (κ1) is 10.5. The van der Waals surface area contributed by atoms with E-state index in [9.17, 15) is 0 Å². The molecule has 1 unspecified atom stereocenters. The van der Waals surface area contributed by atoms with Crippen LogP contribution in [0.2, 0.25) is 0 Å². The van der Waals surface area contributed by atoms with E-state index in [1.54, 1.807) is 0 Å². The second-order valence-corrected chi connectivity index (χ2v) is 5.59. The zero-order valence-corrected chi connectivity index (χ0v) is 10.2. The molecule has 1 aliphatic rings. The Morgan fingerprint density at radius 2 is 2.08 bits per heavy atom. The van der Waals surface area contributed by atoms with Crippen molar-refractivity contribution in [2.45, 2.75) is 46.2 Å². The largest absolute Gasteiger partial charge is 0.297 e. The molecule has 1 saturated heterocycles. The van der Waals surface area contributed by atoms with Gasteiger partial charge >= 0.3 is 0 Å². The van der Waals surface area contributed by atoms with Gasteiger partial charge in [-0.05, 0) is 25.7 Å². The first-order valence-electron chi connectivity index (χ1n) is 4.78. The molecule has 1 nitrogen and oxygen atoms in total. The van der Waals surface area contributed by atoms with E-state index in [-0.39, 0.29) is 0 Å². The molecule has 1 fully saturated rings. The molecule has 0 amide bonds. The van der Waals surface area contributed by atoms with Gasteiger partial charge < -0.3 is 0 Å². The van der Waals surface area contributed by atoms with Gasteiger partial charge in [-0.25, -0.2) is 0 Å². The molecule has 0 aromatic rings. The molecule has 0 aromatic carbocycles. The Bertz CT molecular complexity index is 154. The summed E-state index contributed by atoms with van der Waals surface area (Å²) in [5.41, 5.74) is 0.517. The zero-order valence-electron chi connectivity index (χ0n) is 8.60. The highest BCUT2D eigenvalue weighted by Gasteiger charge is 2.37. The predicted molar refractivity (Wildman–Crippen MR) is 57.8 cm³/mol. The van der Waals surface area contributed by atoms with Crippen LogP contribution >= 0.6 is 15.9 Å². The average Bonchev–Trinajstić information content (AvgIpc) is 2.25.